The van der Waals surface area contributed by atoms with Gasteiger partial charge < -0.3 is 10.1 Å². The van der Waals surface area contributed by atoms with Crippen LogP contribution in [0.5, 0.6) is 0 Å². The monoisotopic (exact) mass is 197 g/mol. The van der Waals surface area contributed by atoms with Gasteiger partial charge in [0, 0.05) is 21.8 Å². The highest BCUT2D eigenvalue weighted by atomic mass is 32.8. The normalized spacial score (nSPS) is 15.1. The summed E-state index contributed by atoms with van der Waals surface area (Å²) in [7, 11) is -0.742. The SMILES string of the molecule is CNC(=O)OCCS(C)(=O)=S. The molecular weight excluding hydrogens is 186 g/mol. The summed E-state index contributed by atoms with van der Waals surface area (Å²) in [6.45, 7) is 0.110. The molecule has 0 aliphatic heterocycles. The van der Waals surface area contributed by atoms with Gasteiger partial charge in [0.25, 0.3) is 0 Å². The third-order valence-electron chi connectivity index (χ3n) is 0.891. The van der Waals surface area contributed by atoms with Gasteiger partial charge in [-0.05, 0) is 11.2 Å². The summed E-state index contributed by atoms with van der Waals surface area (Å²) in [6, 6.07) is 0. The van der Waals surface area contributed by atoms with Gasteiger partial charge in [-0.15, -0.1) is 0 Å². The van der Waals surface area contributed by atoms with E-state index in [-0.39, 0.29) is 12.4 Å². The highest BCUT2D eigenvalue weighted by Crippen LogP contribution is 1.85. The van der Waals surface area contributed by atoms with Crippen molar-refractivity contribution in [1.82, 2.24) is 5.32 Å². The van der Waals surface area contributed by atoms with E-state index in [1.807, 2.05) is 0 Å². The first-order chi connectivity index (χ1) is 4.95. The van der Waals surface area contributed by atoms with Crippen molar-refractivity contribution in [3.05, 3.63) is 0 Å². The van der Waals surface area contributed by atoms with Gasteiger partial charge in [0.05, 0.1) is 5.75 Å². The summed E-state index contributed by atoms with van der Waals surface area (Å²) >= 11 is 4.59. The molecule has 0 bridgehead atoms. The summed E-state index contributed by atoms with van der Waals surface area (Å²) in [5.74, 6) is 0.232. The minimum atomic E-state index is -2.20. The Morgan fingerprint density at radius 1 is 1.73 bits per heavy atom. The van der Waals surface area contributed by atoms with E-state index in [1.54, 1.807) is 0 Å². The summed E-state index contributed by atoms with van der Waals surface area (Å²) in [6.07, 6.45) is 0.930. The second-order valence-electron chi connectivity index (χ2n) is 2.02. The van der Waals surface area contributed by atoms with E-state index in [2.05, 4.69) is 21.2 Å². The molecule has 0 fully saturated rings. The van der Waals surface area contributed by atoms with Crippen LogP contribution < -0.4 is 5.32 Å². The fourth-order valence-electron chi connectivity index (χ4n) is 0.358. The Hall–Kier alpha value is -0.360. The van der Waals surface area contributed by atoms with Gasteiger partial charge in [-0.1, -0.05) is 0 Å². The standard InChI is InChI=1S/C5H11NO3S2/c1-6-5(7)9-3-4-11(2,8)10/h3-4H2,1-2H3,(H,6,7). The van der Waals surface area contributed by atoms with Crippen LogP contribution in [0.25, 0.3) is 0 Å². The molecule has 0 spiro atoms. The van der Waals surface area contributed by atoms with Gasteiger partial charge in [-0.2, -0.15) is 0 Å². The first kappa shape index (κ1) is 10.6. The molecule has 0 aromatic carbocycles. The van der Waals surface area contributed by atoms with Crippen LogP contribution in [0.3, 0.4) is 0 Å². The highest BCUT2D eigenvalue weighted by molar-refractivity contribution is 8.32. The highest BCUT2D eigenvalue weighted by Gasteiger charge is 2.00. The molecule has 1 amide bonds. The molecule has 0 aliphatic carbocycles. The number of hydrogen-bond donors (Lipinski definition) is 1. The van der Waals surface area contributed by atoms with E-state index in [0.29, 0.717) is 0 Å². The van der Waals surface area contributed by atoms with E-state index < -0.39 is 14.6 Å². The lowest BCUT2D eigenvalue weighted by Crippen LogP contribution is -2.22. The van der Waals surface area contributed by atoms with E-state index in [4.69, 9.17) is 0 Å². The summed E-state index contributed by atoms with van der Waals surface area (Å²) < 4.78 is 15.4. The maximum Gasteiger partial charge on any atom is 0.406 e. The Morgan fingerprint density at radius 2 is 2.27 bits per heavy atom. The average Bonchev–Trinajstić information content (AvgIpc) is 1.85. The molecule has 1 atom stereocenters. The number of hydrogen-bond acceptors (Lipinski definition) is 4. The van der Waals surface area contributed by atoms with Gasteiger partial charge >= 0.3 is 6.09 Å². The molecule has 0 aromatic heterocycles. The second kappa shape index (κ2) is 4.50. The number of rotatable bonds is 3. The van der Waals surface area contributed by atoms with Crippen LogP contribution in [0, 0.1) is 0 Å². The maximum atomic E-state index is 10.9. The lowest BCUT2D eigenvalue weighted by Gasteiger charge is -2.02. The Bertz CT molecular complexity index is 222. The molecule has 66 valence electrons. The van der Waals surface area contributed by atoms with Crippen molar-refractivity contribution in [2.24, 2.45) is 0 Å². The number of alkyl carbamates (subject to hydrolysis) is 1. The minimum Gasteiger partial charge on any atom is -0.449 e. The molecule has 0 saturated heterocycles. The number of amides is 1. The number of carbonyl (C=O) groups excluding carboxylic acids is 1. The van der Waals surface area contributed by atoms with Gasteiger partial charge in [0.1, 0.15) is 6.61 Å². The number of ether oxygens (including phenoxy) is 1. The third-order valence-corrected chi connectivity index (χ3v) is 2.30. The van der Waals surface area contributed by atoms with Crippen LogP contribution in [0.1, 0.15) is 0 Å². The molecule has 1 N–H and O–H groups in total. The fraction of sp³-hybridized carbons (Fsp3) is 0.800. The Balaban J connectivity index is 3.51. The molecule has 0 rings (SSSR count). The van der Waals surface area contributed by atoms with E-state index >= 15 is 0 Å². The maximum absolute atomic E-state index is 10.9. The molecule has 0 heterocycles. The van der Waals surface area contributed by atoms with E-state index in [1.165, 1.54) is 13.3 Å². The van der Waals surface area contributed by atoms with Crippen LogP contribution in [-0.4, -0.2) is 36.0 Å². The fourth-order valence-corrected chi connectivity index (χ4v) is 0.948. The predicted molar refractivity (Wildman–Crippen MR) is 46.7 cm³/mol. The zero-order valence-corrected chi connectivity index (χ0v) is 8.09. The van der Waals surface area contributed by atoms with Crippen LogP contribution >= 0.6 is 0 Å². The number of carbonyl (C=O) groups is 1. The average molecular weight is 197 g/mol. The first-order valence-electron chi connectivity index (χ1n) is 2.98. The van der Waals surface area contributed by atoms with Crippen molar-refractivity contribution in [1.29, 1.82) is 0 Å². The second-order valence-corrected chi connectivity index (χ2v) is 6.39. The van der Waals surface area contributed by atoms with Crippen molar-refractivity contribution in [3.63, 3.8) is 0 Å². The topological polar surface area (TPSA) is 55.4 Å². The molecule has 0 aromatic rings. The van der Waals surface area contributed by atoms with Crippen LogP contribution in [0.4, 0.5) is 4.79 Å². The van der Waals surface area contributed by atoms with Crippen molar-refractivity contribution < 1.29 is 13.7 Å². The zero-order chi connectivity index (χ0) is 8.91. The number of nitrogens with one attached hydrogen (secondary N) is 1. The lowest BCUT2D eigenvalue weighted by atomic mass is 10.8. The molecule has 6 heteroatoms. The van der Waals surface area contributed by atoms with Gasteiger partial charge in [-0.3, -0.25) is 4.21 Å². The molecular formula is C5H11NO3S2. The lowest BCUT2D eigenvalue weighted by molar-refractivity contribution is 0.155. The molecule has 4 nitrogen and oxygen atoms in total. The van der Waals surface area contributed by atoms with Gasteiger partial charge in [0.15, 0.2) is 0 Å². The zero-order valence-electron chi connectivity index (χ0n) is 6.46. The molecule has 1 unspecified atom stereocenters. The smallest absolute Gasteiger partial charge is 0.406 e. The van der Waals surface area contributed by atoms with E-state index in [0.717, 1.165) is 0 Å². The van der Waals surface area contributed by atoms with Crippen LogP contribution in [0.2, 0.25) is 0 Å². The summed E-state index contributed by atoms with van der Waals surface area (Å²) in [5, 5.41) is 2.26. The first-order valence-corrected chi connectivity index (χ1v) is 6.04. The van der Waals surface area contributed by atoms with Crippen molar-refractivity contribution in [2.75, 3.05) is 25.7 Å². The van der Waals surface area contributed by atoms with E-state index in [9.17, 15) is 9.00 Å². The largest absolute Gasteiger partial charge is 0.449 e. The minimum absolute atomic E-state index is 0.110. The molecule has 0 aliphatic rings. The van der Waals surface area contributed by atoms with Crippen molar-refractivity contribution in [3.8, 4) is 0 Å². The van der Waals surface area contributed by atoms with Crippen molar-refractivity contribution >= 4 is 25.8 Å². The summed E-state index contributed by atoms with van der Waals surface area (Å²) in [4.78, 5) is 10.4. The summed E-state index contributed by atoms with van der Waals surface area (Å²) in [5.41, 5.74) is 0. The Labute approximate surface area is 71.0 Å². The van der Waals surface area contributed by atoms with Gasteiger partial charge in [-0.25, -0.2) is 4.79 Å². The van der Waals surface area contributed by atoms with Crippen LogP contribution in [-0.2, 0) is 24.4 Å². The quantitative estimate of drug-likeness (QED) is 0.676. The van der Waals surface area contributed by atoms with Gasteiger partial charge in [0.2, 0.25) is 0 Å². The Kier molecular flexibility index (Phi) is 4.36. The Morgan fingerprint density at radius 3 is 2.64 bits per heavy atom. The molecule has 11 heavy (non-hydrogen) atoms. The molecule has 0 saturated carbocycles. The predicted octanol–water partition coefficient (Wildman–Crippen LogP) is -0.282. The van der Waals surface area contributed by atoms with Crippen LogP contribution in [0.15, 0.2) is 0 Å². The molecule has 0 radical (unpaired) electrons. The van der Waals surface area contributed by atoms with Crippen molar-refractivity contribution in [2.45, 2.75) is 0 Å². The third kappa shape index (κ3) is 7.54.